The summed E-state index contributed by atoms with van der Waals surface area (Å²) in [6.45, 7) is 0. The van der Waals surface area contributed by atoms with Crippen LogP contribution in [0.25, 0.3) is 0 Å². The van der Waals surface area contributed by atoms with Crippen molar-refractivity contribution in [2.75, 3.05) is 0 Å². The number of rotatable bonds is 0. The fourth-order valence-corrected chi connectivity index (χ4v) is 0. The maximum Gasteiger partial charge on any atom is 2.00 e. The second-order valence-corrected chi connectivity index (χ2v) is 0. The zero-order chi connectivity index (χ0) is 0. The molecule has 0 fully saturated rings. The van der Waals surface area contributed by atoms with Crippen LogP contribution in [0.4, 0.5) is 0 Å². The third kappa shape index (κ3) is 19.3. The van der Waals surface area contributed by atoms with E-state index in [1.165, 1.54) is 0 Å². The largest absolute Gasteiger partial charge is 2.00 e. The fraction of sp³-hybridized carbons (Fsp3) is 0. The molecule has 0 saturated carbocycles. The Hall–Kier alpha value is 3.06. The van der Waals surface area contributed by atoms with Crippen molar-refractivity contribution in [1.82, 2.24) is 0 Å². The second kappa shape index (κ2) is 27.7. The van der Waals surface area contributed by atoms with Crippen molar-refractivity contribution in [2.24, 2.45) is 0 Å². The molecule has 0 atom stereocenters. The topological polar surface area (TPSA) is 0 Å². The zero-order valence-corrected chi connectivity index (χ0v) is 8.40. The molecule has 0 amide bonds. The third-order valence-corrected chi connectivity index (χ3v) is 0. The maximum absolute atomic E-state index is 0. The van der Waals surface area contributed by atoms with Crippen LogP contribution in [0, 0.1) is 0 Å². The van der Waals surface area contributed by atoms with Gasteiger partial charge in [-0.1, -0.05) is 0 Å². The summed E-state index contributed by atoms with van der Waals surface area (Å²) in [5.41, 5.74) is 0. The van der Waals surface area contributed by atoms with Crippen LogP contribution in [0.1, 0.15) is 4.28 Å². The zero-order valence-electron chi connectivity index (χ0n) is 5.81. The Bertz CT molecular complexity index is 19.2. The number of hydrogen-bond acceptors (Lipinski definition) is 0. The molecule has 0 aliphatic rings. The minimum atomic E-state index is 0. The van der Waals surface area contributed by atoms with Gasteiger partial charge in [-0.25, -0.2) is 0 Å². The molecule has 1 radical (unpaired) electrons. The van der Waals surface area contributed by atoms with Gasteiger partial charge in [-0.3, -0.25) is 0 Å². The van der Waals surface area contributed by atoms with Crippen molar-refractivity contribution in [1.29, 1.82) is 0 Å². The molecule has 0 aromatic rings. The number of hydrogen-bond donors (Lipinski definition) is 0. The van der Waals surface area contributed by atoms with E-state index >= 15 is 0 Å². The molecule has 0 bridgehead atoms. The van der Waals surface area contributed by atoms with Crippen LogP contribution >= 0.6 is 0 Å². The van der Waals surface area contributed by atoms with Gasteiger partial charge in [-0.05, 0) is 0 Å². The van der Waals surface area contributed by atoms with E-state index in [1.54, 1.807) is 0 Å². The Balaban J connectivity index is 0. The van der Waals surface area contributed by atoms with Crippen LogP contribution in [0.15, 0.2) is 0 Å². The van der Waals surface area contributed by atoms with Gasteiger partial charge in [0.2, 0.25) is 0 Å². The van der Waals surface area contributed by atoms with Crippen LogP contribution in [-0.4, -0.2) is 23.1 Å². The average Bonchev–Trinajstić information content (AvgIpc) is 0. The molecule has 0 aromatic heterocycles. The van der Waals surface area contributed by atoms with E-state index in [4.69, 9.17) is 0 Å². The normalized spacial score (nSPS) is 0. The van der Waals surface area contributed by atoms with Crippen molar-refractivity contribution >= 4 is 23.1 Å². The van der Waals surface area contributed by atoms with E-state index in [9.17, 15) is 0 Å². The summed E-state index contributed by atoms with van der Waals surface area (Å²) in [5.74, 6) is 0. The van der Waals surface area contributed by atoms with Gasteiger partial charge < -0.3 is 4.28 Å². The first kappa shape index (κ1) is 42.9. The van der Waals surface area contributed by atoms with Crippen molar-refractivity contribution in [3.8, 4) is 0 Å². The van der Waals surface area contributed by atoms with E-state index in [-0.39, 0.29) is 101 Å². The van der Waals surface area contributed by atoms with Crippen LogP contribution in [0.2, 0.25) is 0 Å². The van der Waals surface area contributed by atoms with Crippen molar-refractivity contribution in [2.45, 2.75) is 0 Å². The molecule has 0 nitrogen and oxygen atoms in total. The third-order valence-electron chi connectivity index (χ3n) is 0. The predicted molar refractivity (Wildman–Crippen MR) is 9.09 cm³/mol. The first-order valence-corrected chi connectivity index (χ1v) is 0. The molecule has 0 heterocycles. The molecule has 0 rings (SSSR count). The first-order chi connectivity index (χ1) is 0. The fourth-order valence-electron chi connectivity index (χ4n) is 0. The Morgan fingerprint density at radius 3 is 1.20 bits per heavy atom. The quantitative estimate of drug-likeness (QED) is 0.397. The molecular weight excluding hydrogens is 241 g/mol. The summed E-state index contributed by atoms with van der Waals surface area (Å²) >= 11 is 0. The van der Waals surface area contributed by atoms with Gasteiger partial charge >= 0.3 is 41.9 Å². The molecule has 0 saturated heterocycles. The minimum absolute atomic E-state index is 0. The first-order valence-electron chi connectivity index (χ1n) is 0. The van der Waals surface area contributed by atoms with Gasteiger partial charge in [0.15, 0.2) is 0 Å². The van der Waals surface area contributed by atoms with Crippen LogP contribution in [0.5, 0.6) is 0 Å². The van der Waals surface area contributed by atoms with E-state index < -0.39 is 0 Å². The van der Waals surface area contributed by atoms with Gasteiger partial charge in [0.1, 0.15) is 0 Å². The van der Waals surface area contributed by atoms with Gasteiger partial charge in [0.05, 0.1) is 0 Å². The van der Waals surface area contributed by atoms with Gasteiger partial charge in [0, 0.05) is 54.6 Å². The molecule has 0 spiro atoms. The van der Waals surface area contributed by atoms with Gasteiger partial charge in [-0.2, -0.15) is 0 Å². The SMILES string of the molecule is [H-].[H-].[H-].[Li+].[Mg+2].[Mn].[Mo].[Ni]. The summed E-state index contributed by atoms with van der Waals surface area (Å²) in [5, 5.41) is 0. The predicted octanol–water partition coefficient (Wildman–Crippen LogP) is -3.05. The van der Waals surface area contributed by atoms with Crippen LogP contribution < -0.4 is 18.9 Å². The Labute approximate surface area is 99.4 Å². The maximum atomic E-state index is 0. The van der Waals surface area contributed by atoms with E-state index in [0.29, 0.717) is 0 Å². The molecule has 5 heavy (non-hydrogen) atoms. The van der Waals surface area contributed by atoms with Gasteiger partial charge in [0.25, 0.3) is 0 Å². The molecule has 5 heteroatoms. The molecule has 0 aliphatic heterocycles. The Morgan fingerprint density at radius 2 is 1.20 bits per heavy atom. The Kier molecular flexibility index (Phi) is 237. The van der Waals surface area contributed by atoms with Crippen molar-refractivity contribution in [3.63, 3.8) is 0 Å². The standard InChI is InChI=1S/Li.Mg.Mn.Mo.Ni.3H/q+1;+2;;;;3*-1. The molecule has 29 valence electrons. The smallest absolute Gasteiger partial charge is 1.00 e. The summed E-state index contributed by atoms with van der Waals surface area (Å²) in [4.78, 5) is 0. The van der Waals surface area contributed by atoms with E-state index in [0.717, 1.165) is 0 Å². The Morgan fingerprint density at radius 1 is 1.20 bits per heavy atom. The minimum Gasteiger partial charge on any atom is -1.00 e. The van der Waals surface area contributed by atoms with Crippen LogP contribution in [-0.2, 0) is 54.6 Å². The average molecular weight is 244 g/mol. The molecular formula is H3LiMgMnMoNi. The van der Waals surface area contributed by atoms with E-state index in [2.05, 4.69) is 0 Å². The monoisotopic (exact) mass is 245 g/mol. The van der Waals surface area contributed by atoms with Crippen molar-refractivity contribution < 1.29 is 77.8 Å². The van der Waals surface area contributed by atoms with E-state index in [1.807, 2.05) is 0 Å². The summed E-state index contributed by atoms with van der Waals surface area (Å²) < 4.78 is 0. The summed E-state index contributed by atoms with van der Waals surface area (Å²) in [7, 11) is 0. The molecule has 0 aromatic carbocycles. The molecule has 0 aliphatic carbocycles. The summed E-state index contributed by atoms with van der Waals surface area (Å²) in [6.07, 6.45) is 0. The van der Waals surface area contributed by atoms with Gasteiger partial charge in [-0.15, -0.1) is 0 Å². The molecule has 0 N–H and O–H groups in total. The molecule has 0 unspecified atom stereocenters. The summed E-state index contributed by atoms with van der Waals surface area (Å²) in [6, 6.07) is 0. The van der Waals surface area contributed by atoms with Crippen LogP contribution in [0.3, 0.4) is 0 Å². The van der Waals surface area contributed by atoms with Crippen molar-refractivity contribution in [3.05, 3.63) is 0 Å². The second-order valence-electron chi connectivity index (χ2n) is 0.